The summed E-state index contributed by atoms with van der Waals surface area (Å²) in [5, 5.41) is 4.37. The van der Waals surface area contributed by atoms with E-state index in [9.17, 15) is 4.79 Å². The first kappa shape index (κ1) is 24.0. The van der Waals surface area contributed by atoms with E-state index in [0.29, 0.717) is 30.1 Å². The molecule has 1 aromatic heterocycles. The molecule has 3 nitrogen and oxygen atoms in total. The molecule has 1 aromatic rings. The lowest BCUT2D eigenvalue weighted by Crippen LogP contribution is -2.47. The van der Waals surface area contributed by atoms with Crippen LogP contribution in [0.5, 0.6) is 0 Å². The number of Topliss-reactive ketones (excluding diaryl/α,β-unsaturated/α-hetero) is 1. The molecule has 3 fully saturated rings. The number of rotatable bonds is 9. The van der Waals surface area contributed by atoms with Crippen LogP contribution in [-0.2, 0) is 11.3 Å². The summed E-state index contributed by atoms with van der Waals surface area (Å²) in [6, 6.07) is 0. The normalized spacial score (nSPS) is 36.9. The van der Waals surface area contributed by atoms with E-state index in [0.717, 1.165) is 56.3 Å². The molecule has 0 spiro atoms. The van der Waals surface area contributed by atoms with E-state index in [1.165, 1.54) is 12.8 Å². The molecule has 32 heavy (non-hydrogen) atoms. The van der Waals surface area contributed by atoms with Crippen LogP contribution in [0.4, 0.5) is 4.39 Å². The molecule has 5 heteroatoms. The molecule has 0 bridgehead atoms. The van der Waals surface area contributed by atoms with Gasteiger partial charge < -0.3 is 0 Å². The van der Waals surface area contributed by atoms with E-state index in [1.807, 2.05) is 18.6 Å². The van der Waals surface area contributed by atoms with Crippen molar-refractivity contribution in [2.24, 2.45) is 35.0 Å². The molecule has 3 aliphatic carbocycles. The summed E-state index contributed by atoms with van der Waals surface area (Å²) in [4.78, 5) is 14.4. The number of hydrogen-bond acceptors (Lipinski definition) is 3. The Balaban J connectivity index is 1.36. The Kier molecular flexibility index (Phi) is 7.85. The number of ketones is 1. The maximum absolute atomic E-state index is 15.3. The molecule has 0 saturated heterocycles. The Hall–Kier alpha value is -1.10. The lowest BCUT2D eigenvalue weighted by molar-refractivity contribution is -0.130. The Morgan fingerprint density at radius 1 is 1.31 bits per heavy atom. The van der Waals surface area contributed by atoms with Crippen molar-refractivity contribution in [3.05, 3.63) is 24.5 Å². The van der Waals surface area contributed by atoms with Crippen molar-refractivity contribution in [2.75, 3.05) is 6.26 Å². The largest absolute Gasteiger partial charge is 0.297 e. The average Bonchev–Trinajstić information content (AvgIpc) is 3.37. The standard InChI is InChI=1S/C27H41FN2OS/c1-4-5-6-7-8-9-20-14-19-12-13-27(2)23(22(19)15-25(20)28)10-11-24(27)26(31)18-30-17-21(32-3)16-29-30/h4-5,16-17,19-20,22-25H,6-15,18H2,1-3H3/b5-4-/t19?,20?,22-,23+,24-,25-,27+/m1/s1. The van der Waals surface area contributed by atoms with Gasteiger partial charge in [-0.05, 0) is 100 Å². The van der Waals surface area contributed by atoms with Crippen molar-refractivity contribution in [3.63, 3.8) is 0 Å². The zero-order valence-electron chi connectivity index (χ0n) is 20.1. The number of thioether (sulfide) groups is 1. The monoisotopic (exact) mass is 460 g/mol. The van der Waals surface area contributed by atoms with Crippen molar-refractivity contribution in [2.45, 2.75) is 95.7 Å². The van der Waals surface area contributed by atoms with Gasteiger partial charge in [0.05, 0.1) is 12.7 Å². The molecule has 0 radical (unpaired) electrons. The summed E-state index contributed by atoms with van der Waals surface area (Å²) >= 11 is 1.65. The highest BCUT2D eigenvalue weighted by atomic mass is 32.2. The van der Waals surface area contributed by atoms with Gasteiger partial charge in [0, 0.05) is 17.0 Å². The second kappa shape index (κ2) is 10.4. The molecule has 7 atom stereocenters. The number of carbonyl (C=O) groups is 1. The number of allylic oxidation sites excluding steroid dienone is 2. The van der Waals surface area contributed by atoms with Crippen LogP contribution in [0.3, 0.4) is 0 Å². The highest BCUT2D eigenvalue weighted by molar-refractivity contribution is 7.98. The molecular weight excluding hydrogens is 419 g/mol. The molecule has 0 aliphatic heterocycles. The maximum Gasteiger partial charge on any atom is 0.157 e. The number of alkyl halides is 1. The van der Waals surface area contributed by atoms with Gasteiger partial charge in [0.1, 0.15) is 6.17 Å². The fourth-order valence-corrected chi connectivity index (χ4v) is 7.85. The molecular formula is C27H41FN2OS. The summed E-state index contributed by atoms with van der Waals surface area (Å²) < 4.78 is 17.1. The van der Waals surface area contributed by atoms with Crippen LogP contribution < -0.4 is 0 Å². The van der Waals surface area contributed by atoms with Gasteiger partial charge in [-0.2, -0.15) is 5.10 Å². The molecule has 1 heterocycles. The van der Waals surface area contributed by atoms with Crippen molar-refractivity contribution >= 4 is 17.5 Å². The number of aromatic nitrogens is 2. The summed E-state index contributed by atoms with van der Waals surface area (Å²) in [7, 11) is 0. The van der Waals surface area contributed by atoms with Crippen LogP contribution >= 0.6 is 11.8 Å². The summed E-state index contributed by atoms with van der Waals surface area (Å²) in [5.74, 6) is 2.37. The van der Waals surface area contributed by atoms with E-state index in [2.05, 4.69) is 31.1 Å². The highest BCUT2D eigenvalue weighted by Crippen LogP contribution is 2.62. The predicted octanol–water partition coefficient (Wildman–Crippen LogP) is 7.12. The van der Waals surface area contributed by atoms with Crippen LogP contribution in [0.15, 0.2) is 29.4 Å². The lowest BCUT2D eigenvalue weighted by atomic mass is 9.53. The SMILES string of the molecule is C/C=C\CCCCC1CC2CC[C@]3(C)[C@@H](C(=O)Cn4cc(SC)cn4)CC[C@H]3[C@@H]2C[C@H]1F. The molecule has 178 valence electrons. The predicted molar refractivity (Wildman–Crippen MR) is 130 cm³/mol. The first-order valence-electron chi connectivity index (χ1n) is 12.8. The third-order valence-electron chi connectivity index (χ3n) is 9.18. The minimum atomic E-state index is -0.649. The third-order valence-corrected chi connectivity index (χ3v) is 9.87. The Morgan fingerprint density at radius 2 is 2.16 bits per heavy atom. The third kappa shape index (κ3) is 4.88. The molecule has 0 amide bonds. The van der Waals surface area contributed by atoms with E-state index in [-0.39, 0.29) is 17.3 Å². The first-order chi connectivity index (χ1) is 15.5. The van der Waals surface area contributed by atoms with E-state index >= 15 is 4.39 Å². The minimum Gasteiger partial charge on any atom is -0.297 e. The Morgan fingerprint density at radius 3 is 2.91 bits per heavy atom. The van der Waals surface area contributed by atoms with Crippen LogP contribution in [0.1, 0.15) is 78.1 Å². The smallest absolute Gasteiger partial charge is 0.157 e. The number of nitrogens with zero attached hydrogens (tertiary/aromatic N) is 2. The lowest BCUT2D eigenvalue weighted by Gasteiger charge is -2.52. The van der Waals surface area contributed by atoms with E-state index in [1.54, 1.807) is 16.4 Å². The van der Waals surface area contributed by atoms with Gasteiger partial charge in [0.2, 0.25) is 0 Å². The van der Waals surface area contributed by atoms with Crippen molar-refractivity contribution in [3.8, 4) is 0 Å². The number of halogens is 1. The van der Waals surface area contributed by atoms with Gasteiger partial charge >= 0.3 is 0 Å². The van der Waals surface area contributed by atoms with Gasteiger partial charge in [0.25, 0.3) is 0 Å². The second-order valence-electron chi connectivity index (χ2n) is 10.8. The summed E-state index contributed by atoms with van der Waals surface area (Å²) in [5.41, 5.74) is 0.0484. The highest BCUT2D eigenvalue weighted by Gasteiger charge is 2.57. The van der Waals surface area contributed by atoms with E-state index in [4.69, 9.17) is 0 Å². The number of unbranched alkanes of at least 4 members (excludes halogenated alkanes) is 2. The molecule has 0 aromatic carbocycles. The molecule has 2 unspecified atom stereocenters. The zero-order valence-corrected chi connectivity index (χ0v) is 21.0. The molecule has 4 rings (SSSR count). The Labute approximate surface area is 198 Å². The number of carbonyl (C=O) groups excluding carboxylic acids is 1. The Bertz CT molecular complexity index is 807. The molecule has 3 aliphatic rings. The number of hydrogen-bond donors (Lipinski definition) is 0. The fourth-order valence-electron chi connectivity index (χ4n) is 7.47. The molecule has 3 saturated carbocycles. The van der Waals surface area contributed by atoms with Crippen molar-refractivity contribution in [1.82, 2.24) is 9.78 Å². The first-order valence-corrected chi connectivity index (χ1v) is 14.0. The van der Waals surface area contributed by atoms with Gasteiger partial charge in [-0.3, -0.25) is 9.48 Å². The van der Waals surface area contributed by atoms with E-state index < -0.39 is 6.17 Å². The fraction of sp³-hybridized carbons (Fsp3) is 0.778. The summed E-state index contributed by atoms with van der Waals surface area (Å²) in [6.07, 6.45) is 20.2. The zero-order chi connectivity index (χ0) is 22.7. The summed E-state index contributed by atoms with van der Waals surface area (Å²) in [6.45, 7) is 4.79. The van der Waals surface area contributed by atoms with Gasteiger partial charge in [-0.25, -0.2) is 4.39 Å². The van der Waals surface area contributed by atoms with Crippen molar-refractivity contribution < 1.29 is 9.18 Å². The second-order valence-corrected chi connectivity index (χ2v) is 11.7. The minimum absolute atomic E-state index is 0.0484. The van der Waals surface area contributed by atoms with Gasteiger partial charge in [-0.15, -0.1) is 11.8 Å². The van der Waals surface area contributed by atoms with Gasteiger partial charge in [0.15, 0.2) is 5.78 Å². The van der Waals surface area contributed by atoms with Crippen LogP contribution in [0.25, 0.3) is 0 Å². The number of fused-ring (bicyclic) bond motifs is 3. The van der Waals surface area contributed by atoms with Crippen LogP contribution in [0.2, 0.25) is 0 Å². The molecule has 0 N–H and O–H groups in total. The quantitative estimate of drug-likeness (QED) is 0.224. The van der Waals surface area contributed by atoms with Crippen LogP contribution in [0, 0.1) is 35.0 Å². The van der Waals surface area contributed by atoms with Gasteiger partial charge in [-0.1, -0.05) is 25.5 Å². The van der Waals surface area contributed by atoms with Crippen LogP contribution in [-0.4, -0.2) is 28.0 Å². The van der Waals surface area contributed by atoms with Crippen molar-refractivity contribution in [1.29, 1.82) is 0 Å². The topological polar surface area (TPSA) is 34.9 Å². The average molecular weight is 461 g/mol. The maximum atomic E-state index is 15.3.